The van der Waals surface area contributed by atoms with E-state index in [2.05, 4.69) is 15.0 Å². The van der Waals surface area contributed by atoms with E-state index < -0.39 is 0 Å². The summed E-state index contributed by atoms with van der Waals surface area (Å²) in [6, 6.07) is 13.4. The molecule has 6 heteroatoms. The number of hydrogen-bond acceptors (Lipinski definition) is 5. The summed E-state index contributed by atoms with van der Waals surface area (Å²) in [6.07, 6.45) is 6.55. The van der Waals surface area contributed by atoms with Crippen molar-refractivity contribution in [3.63, 3.8) is 0 Å². The number of pyridine rings is 3. The van der Waals surface area contributed by atoms with Gasteiger partial charge in [-0.25, -0.2) is 4.98 Å². The number of amides is 1. The number of carbonyl (C=O) groups excluding carboxylic acids is 1. The Morgan fingerprint density at radius 3 is 2.71 bits per heavy atom. The summed E-state index contributed by atoms with van der Waals surface area (Å²) in [5.41, 5.74) is 3.93. The van der Waals surface area contributed by atoms with E-state index in [4.69, 9.17) is 4.74 Å². The van der Waals surface area contributed by atoms with E-state index in [1.54, 1.807) is 6.20 Å². The first-order chi connectivity index (χ1) is 15.1. The summed E-state index contributed by atoms with van der Waals surface area (Å²) in [7, 11) is 0. The molecule has 5 heterocycles. The molecule has 3 aromatic heterocycles. The molecule has 1 saturated carbocycles. The van der Waals surface area contributed by atoms with Crippen molar-refractivity contribution in [3.8, 4) is 17.3 Å². The molecule has 3 aliphatic rings. The monoisotopic (exact) mass is 414 g/mol. The second-order valence-corrected chi connectivity index (χ2v) is 8.60. The highest BCUT2D eigenvalue weighted by atomic mass is 16.5. The molecule has 1 amide bonds. The van der Waals surface area contributed by atoms with Gasteiger partial charge in [0.2, 0.25) is 5.88 Å². The number of hydrogen-bond donors (Lipinski definition) is 0. The number of nitrogens with zero attached hydrogens (tertiary/aromatic N) is 4. The van der Waals surface area contributed by atoms with Gasteiger partial charge in [-0.3, -0.25) is 14.8 Å². The Labute approximate surface area is 182 Å². The maximum absolute atomic E-state index is 13.7. The van der Waals surface area contributed by atoms with Gasteiger partial charge >= 0.3 is 0 Å². The normalized spacial score (nSPS) is 22.4. The first-order valence-electron chi connectivity index (χ1n) is 10.9. The number of piperidine rings is 2. The summed E-state index contributed by atoms with van der Waals surface area (Å²) < 4.78 is 6.26. The van der Waals surface area contributed by atoms with Gasteiger partial charge in [0, 0.05) is 30.7 Å². The fraction of sp³-hybridized carbons (Fsp3) is 0.360. The quantitative estimate of drug-likeness (QED) is 0.639. The lowest BCUT2D eigenvalue weighted by atomic mass is 9.77. The van der Waals surface area contributed by atoms with Gasteiger partial charge in [0.25, 0.3) is 5.91 Å². The van der Waals surface area contributed by atoms with Gasteiger partial charge in [0.1, 0.15) is 11.8 Å². The third-order valence-corrected chi connectivity index (χ3v) is 6.31. The van der Waals surface area contributed by atoms with E-state index in [-0.39, 0.29) is 18.1 Å². The van der Waals surface area contributed by atoms with E-state index in [1.165, 1.54) is 0 Å². The van der Waals surface area contributed by atoms with Crippen molar-refractivity contribution in [1.29, 1.82) is 0 Å². The smallest absolute Gasteiger partial charge is 0.256 e. The highest BCUT2D eigenvalue weighted by molar-refractivity contribution is 6.00. The molecule has 158 valence electrons. The molecular formula is C25H26N4O2. The van der Waals surface area contributed by atoms with Crippen molar-refractivity contribution in [2.45, 2.75) is 45.3 Å². The van der Waals surface area contributed by atoms with E-state index in [0.29, 0.717) is 28.7 Å². The number of ether oxygens (including phenoxy) is 1. The van der Waals surface area contributed by atoms with E-state index in [0.717, 1.165) is 37.1 Å². The fourth-order valence-corrected chi connectivity index (χ4v) is 4.75. The van der Waals surface area contributed by atoms with Crippen LogP contribution in [0, 0.1) is 19.8 Å². The molecule has 3 aromatic rings. The Hall–Kier alpha value is -3.28. The average molecular weight is 415 g/mol. The Balaban J connectivity index is 1.44. The van der Waals surface area contributed by atoms with Gasteiger partial charge in [-0.15, -0.1) is 0 Å². The fourth-order valence-electron chi connectivity index (χ4n) is 4.75. The molecule has 2 bridgehead atoms. The van der Waals surface area contributed by atoms with Crippen molar-refractivity contribution >= 4 is 5.91 Å². The summed E-state index contributed by atoms with van der Waals surface area (Å²) in [4.78, 5) is 29.2. The van der Waals surface area contributed by atoms with E-state index >= 15 is 0 Å². The molecule has 0 radical (unpaired) electrons. The molecule has 2 saturated heterocycles. The average Bonchev–Trinajstić information content (AvgIpc) is 2.81. The van der Waals surface area contributed by atoms with Crippen LogP contribution in [0.1, 0.15) is 40.9 Å². The lowest BCUT2D eigenvalue weighted by molar-refractivity contribution is -0.0313. The first kappa shape index (κ1) is 19.7. The third-order valence-electron chi connectivity index (χ3n) is 6.31. The first-order valence-corrected chi connectivity index (χ1v) is 10.9. The van der Waals surface area contributed by atoms with Gasteiger partial charge in [-0.05, 0) is 68.9 Å². The Kier molecular flexibility index (Phi) is 5.14. The highest BCUT2D eigenvalue weighted by Crippen LogP contribution is 2.38. The maximum atomic E-state index is 13.7. The summed E-state index contributed by atoms with van der Waals surface area (Å²) in [5, 5.41) is 0. The Morgan fingerprint density at radius 2 is 1.97 bits per heavy atom. The van der Waals surface area contributed by atoms with Crippen LogP contribution < -0.4 is 4.74 Å². The molecule has 3 atom stereocenters. The Morgan fingerprint density at radius 1 is 1.06 bits per heavy atom. The summed E-state index contributed by atoms with van der Waals surface area (Å²) in [6.45, 7) is 4.71. The number of aromatic nitrogens is 3. The van der Waals surface area contributed by atoms with Crippen LogP contribution in [-0.4, -0.2) is 44.4 Å². The van der Waals surface area contributed by atoms with Crippen molar-refractivity contribution < 1.29 is 9.53 Å². The molecule has 6 rings (SSSR count). The summed E-state index contributed by atoms with van der Waals surface area (Å²) >= 11 is 0. The molecule has 3 fully saturated rings. The molecule has 31 heavy (non-hydrogen) atoms. The minimum Gasteiger partial charge on any atom is -0.472 e. The number of fused-ring (bicyclic) bond motifs is 3. The zero-order chi connectivity index (χ0) is 21.4. The van der Waals surface area contributed by atoms with Crippen LogP contribution in [0.3, 0.4) is 0 Å². The van der Waals surface area contributed by atoms with Crippen molar-refractivity contribution in [1.82, 2.24) is 19.9 Å². The Bertz CT molecular complexity index is 1080. The molecule has 0 N–H and O–H groups in total. The van der Waals surface area contributed by atoms with E-state index in [9.17, 15) is 4.79 Å². The lowest BCUT2D eigenvalue weighted by Crippen LogP contribution is -2.59. The molecular weight excluding hydrogens is 388 g/mol. The maximum Gasteiger partial charge on any atom is 0.256 e. The number of carbonyl (C=O) groups is 1. The molecule has 2 aliphatic heterocycles. The standard InChI is InChI=1S/C25H26N4O2/c1-16-6-11-23(27-14-16)31-22-13-18-8-10-21(22)29(15-18)25(30)19-9-7-17(2)28-24(19)20-5-3-4-12-26-20/h3-7,9,11-12,14,18,21-22H,8,10,13,15H2,1-2H3. The molecule has 0 aromatic carbocycles. The molecule has 1 aliphatic carbocycles. The zero-order valence-corrected chi connectivity index (χ0v) is 17.9. The van der Waals surface area contributed by atoms with Crippen LogP contribution in [0.4, 0.5) is 0 Å². The highest BCUT2D eigenvalue weighted by Gasteiger charge is 2.45. The lowest BCUT2D eigenvalue weighted by Gasteiger charge is -2.49. The summed E-state index contributed by atoms with van der Waals surface area (Å²) in [5.74, 6) is 1.08. The van der Waals surface area contributed by atoms with Crippen LogP contribution in [-0.2, 0) is 0 Å². The largest absolute Gasteiger partial charge is 0.472 e. The van der Waals surface area contributed by atoms with Gasteiger partial charge in [0.05, 0.1) is 17.3 Å². The molecule has 3 unspecified atom stereocenters. The topological polar surface area (TPSA) is 68.2 Å². The van der Waals surface area contributed by atoms with Crippen LogP contribution in [0.5, 0.6) is 5.88 Å². The van der Waals surface area contributed by atoms with Crippen LogP contribution in [0.2, 0.25) is 0 Å². The van der Waals surface area contributed by atoms with E-state index in [1.807, 2.05) is 67.4 Å². The van der Waals surface area contributed by atoms with Crippen molar-refractivity contribution in [2.24, 2.45) is 5.92 Å². The van der Waals surface area contributed by atoms with Gasteiger partial charge in [-0.2, -0.15) is 0 Å². The predicted octanol–water partition coefficient (Wildman–Crippen LogP) is 4.23. The number of aryl methyl sites for hydroxylation is 2. The molecule has 0 spiro atoms. The van der Waals surface area contributed by atoms with Crippen molar-refractivity contribution in [2.75, 3.05) is 6.54 Å². The van der Waals surface area contributed by atoms with Crippen LogP contribution in [0.25, 0.3) is 11.4 Å². The third kappa shape index (κ3) is 3.90. The molecule has 6 nitrogen and oxygen atoms in total. The minimum absolute atomic E-state index is 0.00742. The zero-order valence-electron chi connectivity index (χ0n) is 17.9. The predicted molar refractivity (Wildman–Crippen MR) is 118 cm³/mol. The second kappa shape index (κ2) is 8.10. The van der Waals surface area contributed by atoms with Gasteiger partial charge in [0.15, 0.2) is 0 Å². The van der Waals surface area contributed by atoms with Gasteiger partial charge < -0.3 is 9.64 Å². The van der Waals surface area contributed by atoms with Crippen LogP contribution >= 0.6 is 0 Å². The minimum atomic E-state index is -0.0386. The van der Waals surface area contributed by atoms with Gasteiger partial charge in [-0.1, -0.05) is 12.1 Å². The number of rotatable bonds is 4. The van der Waals surface area contributed by atoms with Crippen LogP contribution in [0.15, 0.2) is 54.9 Å². The SMILES string of the molecule is Cc1ccc(OC2CC3CCC2N(C(=O)c2ccc(C)nc2-c2ccccn2)C3)nc1. The van der Waals surface area contributed by atoms with Crippen molar-refractivity contribution in [3.05, 3.63) is 71.7 Å². The second-order valence-electron chi connectivity index (χ2n) is 8.60.